The van der Waals surface area contributed by atoms with Crippen LogP contribution in [0.1, 0.15) is 27.5 Å². The van der Waals surface area contributed by atoms with Gasteiger partial charge in [0, 0.05) is 24.5 Å². The molecule has 1 amide bonds. The van der Waals surface area contributed by atoms with Crippen LogP contribution in [0, 0.1) is 6.92 Å². The minimum absolute atomic E-state index is 0.236. The zero-order valence-electron chi connectivity index (χ0n) is 13.6. The van der Waals surface area contributed by atoms with Crippen molar-refractivity contribution >= 4 is 17.6 Å². The molecule has 7 nitrogen and oxygen atoms in total. The molecular formula is C16H20N4O3. The second-order valence-electron chi connectivity index (χ2n) is 5.18. The number of carbonyl (C=O) groups excluding carboxylic acids is 2. The highest BCUT2D eigenvalue weighted by Gasteiger charge is 2.21. The first-order valence-electron chi connectivity index (χ1n) is 7.12. The van der Waals surface area contributed by atoms with E-state index in [0.29, 0.717) is 11.3 Å². The summed E-state index contributed by atoms with van der Waals surface area (Å²) in [6.07, 6.45) is 3.41. The van der Waals surface area contributed by atoms with E-state index in [9.17, 15) is 9.59 Å². The first-order valence-corrected chi connectivity index (χ1v) is 7.12. The summed E-state index contributed by atoms with van der Waals surface area (Å²) in [4.78, 5) is 24.2. The Labute approximate surface area is 134 Å². The van der Waals surface area contributed by atoms with Gasteiger partial charge in [0.25, 0.3) is 0 Å². The average molecular weight is 316 g/mol. The summed E-state index contributed by atoms with van der Waals surface area (Å²) in [6, 6.07) is 4.58. The fraction of sp³-hybridized carbons (Fsp3) is 0.312. The highest BCUT2D eigenvalue weighted by molar-refractivity contribution is 5.98. The molecule has 0 aliphatic rings. The molecule has 1 aromatic heterocycles. The predicted octanol–water partition coefficient (Wildman–Crippen LogP) is 1.41. The van der Waals surface area contributed by atoms with E-state index in [-0.39, 0.29) is 5.91 Å². The number of rotatable bonds is 5. The Morgan fingerprint density at radius 2 is 2.09 bits per heavy atom. The van der Waals surface area contributed by atoms with Crippen LogP contribution >= 0.6 is 0 Å². The smallest absolute Gasteiger partial charge is 0.338 e. The quantitative estimate of drug-likeness (QED) is 0.815. The third kappa shape index (κ3) is 3.75. The Bertz CT molecular complexity index is 724. The Hall–Kier alpha value is -2.67. The second-order valence-corrected chi connectivity index (χ2v) is 5.18. The number of carbonyl (C=O) groups is 2. The predicted molar refractivity (Wildman–Crippen MR) is 86.2 cm³/mol. The molecule has 1 unspecified atom stereocenters. The molecule has 122 valence electrons. The fourth-order valence-electron chi connectivity index (χ4n) is 2.28. The second kappa shape index (κ2) is 7.06. The van der Waals surface area contributed by atoms with Crippen LogP contribution in [0.5, 0.6) is 0 Å². The summed E-state index contributed by atoms with van der Waals surface area (Å²) in [5, 5.41) is 9.83. The number of ether oxygens (including phenoxy) is 1. The number of anilines is 1. The number of nitrogens with zero attached hydrogens (tertiary/aromatic N) is 2. The number of aromatic nitrogens is 2. The van der Waals surface area contributed by atoms with Gasteiger partial charge in [-0.1, -0.05) is 6.07 Å². The molecule has 0 saturated heterocycles. The van der Waals surface area contributed by atoms with Crippen LogP contribution < -0.4 is 10.6 Å². The summed E-state index contributed by atoms with van der Waals surface area (Å²) in [5.41, 5.74) is 2.50. The standard InChI is InChI=1S/C16H20N4O3/c1-10-5-6-12(7-13(10)16(22)23-4)19-15(21)14(17-2)11-8-18-20(3)9-11/h5-9,14,17H,1-4H3,(H,19,21). The SMILES string of the molecule is CNC(C(=O)Nc1ccc(C)c(C(=O)OC)c1)c1cnn(C)c1. The van der Waals surface area contributed by atoms with Crippen LogP contribution in [0.15, 0.2) is 30.6 Å². The van der Waals surface area contributed by atoms with Crippen LogP contribution in [0.25, 0.3) is 0 Å². The summed E-state index contributed by atoms with van der Waals surface area (Å²) in [6.45, 7) is 1.81. The lowest BCUT2D eigenvalue weighted by Gasteiger charge is -2.15. The third-order valence-corrected chi connectivity index (χ3v) is 3.52. The lowest BCUT2D eigenvalue weighted by Crippen LogP contribution is -2.30. The molecule has 0 aliphatic heterocycles. The number of likely N-dealkylation sites (N-methyl/N-ethyl adjacent to an activating group) is 1. The minimum atomic E-state index is -0.536. The van der Waals surface area contributed by atoms with Crippen molar-refractivity contribution in [1.29, 1.82) is 0 Å². The number of nitrogens with one attached hydrogen (secondary N) is 2. The highest BCUT2D eigenvalue weighted by atomic mass is 16.5. The van der Waals surface area contributed by atoms with Crippen molar-refractivity contribution in [2.45, 2.75) is 13.0 Å². The largest absolute Gasteiger partial charge is 0.465 e. The fourth-order valence-corrected chi connectivity index (χ4v) is 2.28. The van der Waals surface area contributed by atoms with Gasteiger partial charge in [0.2, 0.25) is 5.91 Å². The van der Waals surface area contributed by atoms with E-state index in [4.69, 9.17) is 4.74 Å². The molecule has 2 rings (SSSR count). The van der Waals surface area contributed by atoms with E-state index in [1.807, 2.05) is 6.92 Å². The van der Waals surface area contributed by atoms with Gasteiger partial charge in [-0.3, -0.25) is 9.48 Å². The maximum absolute atomic E-state index is 12.5. The van der Waals surface area contributed by atoms with E-state index in [1.165, 1.54) is 7.11 Å². The van der Waals surface area contributed by atoms with E-state index >= 15 is 0 Å². The molecule has 0 bridgehead atoms. The summed E-state index contributed by atoms with van der Waals surface area (Å²) < 4.78 is 6.38. The first-order chi connectivity index (χ1) is 11.0. The van der Waals surface area contributed by atoms with Crippen LogP contribution in [0.2, 0.25) is 0 Å². The first kappa shape index (κ1) is 16.7. The van der Waals surface area contributed by atoms with Crippen LogP contribution in [-0.4, -0.2) is 35.8 Å². The molecule has 23 heavy (non-hydrogen) atoms. The van der Waals surface area contributed by atoms with E-state index < -0.39 is 12.0 Å². The van der Waals surface area contributed by atoms with Gasteiger partial charge < -0.3 is 15.4 Å². The van der Waals surface area contributed by atoms with Gasteiger partial charge in [0.15, 0.2) is 0 Å². The van der Waals surface area contributed by atoms with Crippen LogP contribution in [-0.2, 0) is 16.6 Å². The van der Waals surface area contributed by atoms with Crippen molar-refractivity contribution in [2.24, 2.45) is 7.05 Å². The van der Waals surface area contributed by atoms with E-state index in [0.717, 1.165) is 11.1 Å². The number of aryl methyl sites for hydroxylation is 2. The van der Waals surface area contributed by atoms with Gasteiger partial charge in [-0.05, 0) is 31.7 Å². The van der Waals surface area contributed by atoms with Crippen molar-refractivity contribution in [1.82, 2.24) is 15.1 Å². The normalized spacial score (nSPS) is 11.8. The Morgan fingerprint density at radius 1 is 1.35 bits per heavy atom. The molecule has 0 spiro atoms. The highest BCUT2D eigenvalue weighted by Crippen LogP contribution is 2.19. The Morgan fingerprint density at radius 3 is 2.65 bits per heavy atom. The monoisotopic (exact) mass is 316 g/mol. The number of methoxy groups -OCH3 is 1. The molecule has 1 heterocycles. The number of esters is 1. The molecule has 0 fully saturated rings. The average Bonchev–Trinajstić information content (AvgIpc) is 2.95. The van der Waals surface area contributed by atoms with Gasteiger partial charge in [0.1, 0.15) is 6.04 Å². The number of amides is 1. The van der Waals surface area contributed by atoms with Gasteiger partial charge in [-0.15, -0.1) is 0 Å². The van der Waals surface area contributed by atoms with Gasteiger partial charge >= 0.3 is 5.97 Å². The lowest BCUT2D eigenvalue weighted by molar-refractivity contribution is -0.118. The number of benzene rings is 1. The molecule has 1 atom stereocenters. The van der Waals surface area contributed by atoms with Gasteiger partial charge in [-0.2, -0.15) is 5.10 Å². The van der Waals surface area contributed by atoms with Crippen molar-refractivity contribution in [3.05, 3.63) is 47.3 Å². The summed E-state index contributed by atoms with van der Waals surface area (Å²) >= 11 is 0. The topological polar surface area (TPSA) is 85.2 Å². The van der Waals surface area contributed by atoms with Crippen molar-refractivity contribution in [3.8, 4) is 0 Å². The maximum atomic E-state index is 12.5. The Balaban J connectivity index is 2.20. The lowest BCUT2D eigenvalue weighted by atomic mass is 10.1. The molecule has 2 N–H and O–H groups in total. The molecular weight excluding hydrogens is 296 g/mol. The van der Waals surface area contributed by atoms with E-state index in [1.54, 1.807) is 49.4 Å². The third-order valence-electron chi connectivity index (χ3n) is 3.52. The number of hydrogen-bond donors (Lipinski definition) is 2. The molecule has 0 radical (unpaired) electrons. The van der Waals surface area contributed by atoms with E-state index in [2.05, 4.69) is 15.7 Å². The minimum Gasteiger partial charge on any atom is -0.465 e. The van der Waals surface area contributed by atoms with Crippen molar-refractivity contribution < 1.29 is 14.3 Å². The molecule has 1 aromatic carbocycles. The zero-order valence-corrected chi connectivity index (χ0v) is 13.6. The zero-order chi connectivity index (χ0) is 17.0. The summed E-state index contributed by atoms with van der Waals surface area (Å²) in [5.74, 6) is -0.670. The van der Waals surface area contributed by atoms with Crippen LogP contribution in [0.3, 0.4) is 0 Å². The molecule has 2 aromatic rings. The molecule has 0 saturated carbocycles. The van der Waals surface area contributed by atoms with Crippen LogP contribution in [0.4, 0.5) is 5.69 Å². The Kier molecular flexibility index (Phi) is 5.13. The number of hydrogen-bond acceptors (Lipinski definition) is 5. The van der Waals surface area contributed by atoms with Gasteiger partial charge in [0.05, 0.1) is 18.9 Å². The van der Waals surface area contributed by atoms with Crippen molar-refractivity contribution in [2.75, 3.05) is 19.5 Å². The van der Waals surface area contributed by atoms with Crippen molar-refractivity contribution in [3.63, 3.8) is 0 Å². The maximum Gasteiger partial charge on any atom is 0.338 e. The van der Waals surface area contributed by atoms with Gasteiger partial charge in [-0.25, -0.2) is 4.79 Å². The molecule has 0 aliphatic carbocycles. The molecule has 7 heteroatoms. The summed E-state index contributed by atoms with van der Waals surface area (Å²) in [7, 11) is 4.81.